The third-order valence-electron chi connectivity index (χ3n) is 3.41. The van der Waals surface area contributed by atoms with Crippen LogP contribution < -0.4 is 5.32 Å². The van der Waals surface area contributed by atoms with Crippen LogP contribution in [0.5, 0.6) is 0 Å². The second-order valence-electron chi connectivity index (χ2n) is 5.08. The minimum absolute atomic E-state index is 0.258. The molecule has 0 aliphatic heterocycles. The highest BCUT2D eigenvalue weighted by Gasteiger charge is 2.26. The Balaban J connectivity index is 2.17. The van der Waals surface area contributed by atoms with Crippen molar-refractivity contribution < 1.29 is 4.39 Å². The van der Waals surface area contributed by atoms with Gasteiger partial charge < -0.3 is 5.32 Å². The van der Waals surface area contributed by atoms with Crippen LogP contribution >= 0.6 is 15.9 Å². The summed E-state index contributed by atoms with van der Waals surface area (Å²) in [6, 6.07) is 5.50. The van der Waals surface area contributed by atoms with E-state index in [0.717, 1.165) is 34.2 Å². The quantitative estimate of drug-likeness (QED) is 0.871. The number of aromatic nitrogens is 1. The Morgan fingerprint density at radius 1 is 1.37 bits per heavy atom. The highest BCUT2D eigenvalue weighted by atomic mass is 79.9. The van der Waals surface area contributed by atoms with Crippen molar-refractivity contribution in [1.29, 1.82) is 0 Å². The van der Waals surface area contributed by atoms with Crippen molar-refractivity contribution in [2.24, 2.45) is 0 Å². The van der Waals surface area contributed by atoms with Gasteiger partial charge in [-0.05, 0) is 37.5 Å². The molecule has 2 nitrogen and oxygen atoms in total. The summed E-state index contributed by atoms with van der Waals surface area (Å²) in [5, 5.41) is 4.24. The van der Waals surface area contributed by atoms with Crippen molar-refractivity contribution in [3.05, 3.63) is 34.2 Å². The fraction of sp³-hybridized carbons (Fsp3) is 0.400. The van der Waals surface area contributed by atoms with Crippen LogP contribution in [0.25, 0.3) is 10.9 Å². The van der Waals surface area contributed by atoms with E-state index in [0.29, 0.717) is 11.4 Å². The molecular formula is C15H16BrFN2. The van der Waals surface area contributed by atoms with Crippen LogP contribution in [0.4, 0.5) is 10.1 Å². The number of pyridine rings is 1. The number of halogens is 2. The highest BCUT2D eigenvalue weighted by Crippen LogP contribution is 2.41. The Morgan fingerprint density at radius 3 is 2.84 bits per heavy atom. The van der Waals surface area contributed by atoms with E-state index in [2.05, 4.69) is 39.2 Å². The molecule has 4 heteroatoms. The van der Waals surface area contributed by atoms with Crippen molar-refractivity contribution in [2.45, 2.75) is 32.1 Å². The second-order valence-corrected chi connectivity index (χ2v) is 6.00. The van der Waals surface area contributed by atoms with Gasteiger partial charge in [-0.1, -0.05) is 22.9 Å². The van der Waals surface area contributed by atoms with E-state index in [1.165, 1.54) is 18.9 Å². The molecule has 1 fully saturated rings. The molecule has 1 aliphatic carbocycles. The van der Waals surface area contributed by atoms with Crippen molar-refractivity contribution in [2.75, 3.05) is 11.9 Å². The van der Waals surface area contributed by atoms with Crippen molar-refractivity contribution >= 4 is 32.5 Å². The Hall–Kier alpha value is -1.16. The maximum absolute atomic E-state index is 14.1. The van der Waals surface area contributed by atoms with Crippen molar-refractivity contribution in [1.82, 2.24) is 4.98 Å². The molecule has 0 bridgehead atoms. The lowest BCUT2D eigenvalue weighted by molar-refractivity contribution is 0.635. The van der Waals surface area contributed by atoms with E-state index >= 15 is 0 Å². The number of hydrogen-bond donors (Lipinski definition) is 1. The Kier molecular flexibility index (Phi) is 3.44. The predicted molar refractivity (Wildman–Crippen MR) is 80.2 cm³/mol. The van der Waals surface area contributed by atoms with Gasteiger partial charge in [0.05, 0.1) is 0 Å². The Labute approximate surface area is 120 Å². The molecule has 1 aromatic heterocycles. The number of nitrogens with zero attached hydrogens (tertiary/aromatic N) is 1. The minimum Gasteiger partial charge on any atom is -0.384 e. The normalized spacial score (nSPS) is 14.9. The monoisotopic (exact) mass is 322 g/mol. The lowest BCUT2D eigenvalue weighted by Gasteiger charge is -2.12. The molecular weight excluding hydrogens is 307 g/mol. The fourth-order valence-electron chi connectivity index (χ4n) is 2.27. The van der Waals surface area contributed by atoms with Gasteiger partial charge in [-0.25, -0.2) is 9.37 Å². The Bertz CT molecular complexity index is 623. The summed E-state index contributed by atoms with van der Waals surface area (Å²) in [4.78, 5) is 4.51. The average Bonchev–Trinajstić information content (AvgIpc) is 3.20. The minimum atomic E-state index is -0.258. The molecule has 1 aromatic carbocycles. The fourth-order valence-corrected chi connectivity index (χ4v) is 2.70. The standard InChI is InChI=1S/C15H16BrFN2/c1-2-5-18-14-8-13(9-3-4-9)19-15-11(14)6-10(16)7-12(15)17/h6-9H,2-5H2,1H3,(H,18,19). The summed E-state index contributed by atoms with van der Waals surface area (Å²) < 4.78 is 14.8. The zero-order valence-corrected chi connectivity index (χ0v) is 12.4. The van der Waals surface area contributed by atoms with Crippen LogP contribution in [0.15, 0.2) is 22.7 Å². The van der Waals surface area contributed by atoms with Gasteiger partial charge in [0.25, 0.3) is 0 Å². The highest BCUT2D eigenvalue weighted by molar-refractivity contribution is 9.10. The van der Waals surface area contributed by atoms with Crippen LogP contribution in [0.3, 0.4) is 0 Å². The van der Waals surface area contributed by atoms with Gasteiger partial charge in [0.15, 0.2) is 5.82 Å². The van der Waals surface area contributed by atoms with E-state index in [1.807, 2.05) is 6.07 Å². The first-order valence-corrected chi connectivity index (χ1v) is 7.52. The largest absolute Gasteiger partial charge is 0.384 e. The molecule has 1 N–H and O–H groups in total. The van der Waals surface area contributed by atoms with Gasteiger partial charge >= 0.3 is 0 Å². The van der Waals surface area contributed by atoms with Crippen LogP contribution in [0.2, 0.25) is 0 Å². The maximum atomic E-state index is 14.1. The van der Waals surface area contributed by atoms with Crippen LogP contribution in [-0.2, 0) is 0 Å². The molecule has 0 unspecified atom stereocenters. The third-order valence-corrected chi connectivity index (χ3v) is 3.87. The number of hydrogen-bond acceptors (Lipinski definition) is 2. The summed E-state index contributed by atoms with van der Waals surface area (Å²) >= 11 is 3.35. The van der Waals surface area contributed by atoms with E-state index in [-0.39, 0.29) is 5.82 Å². The maximum Gasteiger partial charge on any atom is 0.150 e. The van der Waals surface area contributed by atoms with Gasteiger partial charge in [0, 0.05) is 33.7 Å². The van der Waals surface area contributed by atoms with Gasteiger partial charge in [0.1, 0.15) is 5.52 Å². The number of fused-ring (bicyclic) bond motifs is 1. The number of anilines is 1. The van der Waals surface area contributed by atoms with E-state index < -0.39 is 0 Å². The lowest BCUT2D eigenvalue weighted by atomic mass is 10.1. The number of benzene rings is 1. The van der Waals surface area contributed by atoms with Crippen LogP contribution in [0.1, 0.15) is 37.8 Å². The van der Waals surface area contributed by atoms with Gasteiger partial charge in [0.2, 0.25) is 0 Å². The van der Waals surface area contributed by atoms with E-state index in [4.69, 9.17) is 0 Å². The first-order chi connectivity index (χ1) is 9.19. The summed E-state index contributed by atoms with van der Waals surface area (Å²) in [6.45, 7) is 3.01. The first-order valence-electron chi connectivity index (χ1n) is 6.72. The number of rotatable bonds is 4. The molecule has 3 rings (SSSR count). The summed E-state index contributed by atoms with van der Waals surface area (Å²) in [6.07, 6.45) is 3.38. The van der Waals surface area contributed by atoms with Crippen LogP contribution in [0, 0.1) is 5.82 Å². The first kappa shape index (κ1) is 12.9. The smallest absolute Gasteiger partial charge is 0.150 e. The van der Waals surface area contributed by atoms with E-state index in [1.54, 1.807) is 0 Å². The zero-order valence-electron chi connectivity index (χ0n) is 10.8. The molecule has 0 radical (unpaired) electrons. The molecule has 1 heterocycles. The molecule has 0 saturated heterocycles. The Morgan fingerprint density at radius 2 is 2.16 bits per heavy atom. The second kappa shape index (κ2) is 5.08. The summed E-state index contributed by atoms with van der Waals surface area (Å²) in [5.41, 5.74) is 2.49. The zero-order chi connectivity index (χ0) is 13.4. The third kappa shape index (κ3) is 2.59. The molecule has 1 aliphatic rings. The van der Waals surface area contributed by atoms with Crippen molar-refractivity contribution in [3.63, 3.8) is 0 Å². The molecule has 0 spiro atoms. The molecule has 1 saturated carbocycles. The van der Waals surface area contributed by atoms with Crippen molar-refractivity contribution in [3.8, 4) is 0 Å². The summed E-state index contributed by atoms with van der Waals surface area (Å²) in [5.74, 6) is 0.265. The van der Waals surface area contributed by atoms with E-state index in [9.17, 15) is 4.39 Å². The summed E-state index contributed by atoms with van der Waals surface area (Å²) in [7, 11) is 0. The molecule has 0 atom stereocenters. The molecule has 19 heavy (non-hydrogen) atoms. The topological polar surface area (TPSA) is 24.9 Å². The van der Waals surface area contributed by atoms with Gasteiger partial charge in [-0.15, -0.1) is 0 Å². The van der Waals surface area contributed by atoms with Gasteiger partial charge in [-0.3, -0.25) is 0 Å². The molecule has 100 valence electrons. The predicted octanol–water partition coefficient (Wildman–Crippen LogP) is 4.84. The van der Waals surface area contributed by atoms with Gasteiger partial charge in [-0.2, -0.15) is 0 Å². The van der Waals surface area contributed by atoms with Crippen LogP contribution in [-0.4, -0.2) is 11.5 Å². The molecule has 0 amide bonds. The average molecular weight is 323 g/mol. The lowest BCUT2D eigenvalue weighted by Crippen LogP contribution is -2.03. The molecule has 2 aromatic rings. The number of nitrogens with one attached hydrogen (secondary N) is 1. The SMILES string of the molecule is CCCNc1cc(C2CC2)nc2c(F)cc(Br)cc12.